The highest BCUT2D eigenvalue weighted by Crippen LogP contribution is 2.35. The summed E-state index contributed by atoms with van der Waals surface area (Å²) in [6.07, 6.45) is 0.409. The number of aryl methyl sites for hydroxylation is 1. The second-order valence-electron chi connectivity index (χ2n) is 6.13. The van der Waals surface area contributed by atoms with E-state index < -0.39 is 11.5 Å². The smallest absolute Gasteiger partial charge is 0.331 e. The molecular weight excluding hydrogens is 368 g/mol. The molecule has 8 heteroatoms. The fourth-order valence-corrected chi connectivity index (χ4v) is 3.47. The standard InChI is InChI=1S/C19H24N2O5S/c1-7-19(3,18(23)26-6)21-16(22)15-11(2)20-17(27-15)12-8-9-13(24-4)14(10-12)25-5/h8-10H,7H2,1-6H3,(H,21,22). The average molecular weight is 392 g/mol. The second-order valence-corrected chi connectivity index (χ2v) is 7.13. The molecule has 1 amide bonds. The maximum atomic E-state index is 12.7. The minimum Gasteiger partial charge on any atom is -0.493 e. The monoisotopic (exact) mass is 392 g/mol. The molecule has 0 spiro atoms. The van der Waals surface area contributed by atoms with Crippen LogP contribution < -0.4 is 14.8 Å². The first-order valence-corrected chi connectivity index (χ1v) is 9.22. The first-order valence-electron chi connectivity index (χ1n) is 8.40. The zero-order valence-electron chi connectivity index (χ0n) is 16.3. The number of hydrogen-bond donors (Lipinski definition) is 1. The van der Waals surface area contributed by atoms with Crippen LogP contribution >= 0.6 is 11.3 Å². The average Bonchev–Trinajstić information content (AvgIpc) is 3.08. The molecule has 0 aliphatic carbocycles. The summed E-state index contributed by atoms with van der Waals surface area (Å²) in [5.41, 5.74) is 0.308. The summed E-state index contributed by atoms with van der Waals surface area (Å²) in [5, 5.41) is 3.44. The number of methoxy groups -OCH3 is 3. The predicted molar refractivity (Wildman–Crippen MR) is 104 cm³/mol. The van der Waals surface area contributed by atoms with Crippen molar-refractivity contribution in [3.63, 3.8) is 0 Å². The van der Waals surface area contributed by atoms with Gasteiger partial charge in [0, 0.05) is 5.56 Å². The number of amides is 1. The van der Waals surface area contributed by atoms with Crippen molar-refractivity contribution in [2.45, 2.75) is 32.7 Å². The molecular formula is C19H24N2O5S. The lowest BCUT2D eigenvalue weighted by Crippen LogP contribution is -2.52. The van der Waals surface area contributed by atoms with E-state index in [-0.39, 0.29) is 5.91 Å². The highest BCUT2D eigenvalue weighted by atomic mass is 32.1. The predicted octanol–water partition coefficient (Wildman–Crippen LogP) is 3.21. The van der Waals surface area contributed by atoms with E-state index in [1.165, 1.54) is 18.4 Å². The Kier molecular flexibility index (Phi) is 6.43. The van der Waals surface area contributed by atoms with Crippen LogP contribution in [0.2, 0.25) is 0 Å². The van der Waals surface area contributed by atoms with Gasteiger partial charge in [-0.05, 0) is 38.5 Å². The molecule has 0 aliphatic rings. The fraction of sp³-hybridized carbons (Fsp3) is 0.421. The van der Waals surface area contributed by atoms with Crippen LogP contribution in [0, 0.1) is 6.92 Å². The topological polar surface area (TPSA) is 86.8 Å². The van der Waals surface area contributed by atoms with Crippen LogP contribution in [0.1, 0.15) is 35.6 Å². The van der Waals surface area contributed by atoms with Gasteiger partial charge in [-0.15, -0.1) is 11.3 Å². The minimum atomic E-state index is -1.09. The van der Waals surface area contributed by atoms with Gasteiger partial charge in [0.05, 0.1) is 27.0 Å². The Balaban J connectivity index is 2.33. The van der Waals surface area contributed by atoms with Crippen LogP contribution in [0.4, 0.5) is 0 Å². The van der Waals surface area contributed by atoms with Gasteiger partial charge < -0.3 is 19.5 Å². The van der Waals surface area contributed by atoms with E-state index >= 15 is 0 Å². The molecule has 0 bridgehead atoms. The zero-order chi connectivity index (χ0) is 20.2. The van der Waals surface area contributed by atoms with Crippen molar-refractivity contribution in [2.75, 3.05) is 21.3 Å². The van der Waals surface area contributed by atoms with E-state index in [1.54, 1.807) is 34.1 Å². The van der Waals surface area contributed by atoms with Gasteiger partial charge in [-0.3, -0.25) is 4.79 Å². The molecule has 0 fully saturated rings. The van der Waals surface area contributed by atoms with Crippen molar-refractivity contribution in [3.05, 3.63) is 28.8 Å². The Morgan fingerprint density at radius 1 is 1.19 bits per heavy atom. The van der Waals surface area contributed by atoms with E-state index in [9.17, 15) is 9.59 Å². The molecule has 7 nitrogen and oxygen atoms in total. The van der Waals surface area contributed by atoms with Gasteiger partial charge in [-0.2, -0.15) is 0 Å². The number of aromatic nitrogens is 1. The number of thiazole rings is 1. The van der Waals surface area contributed by atoms with Crippen LogP contribution in [0.5, 0.6) is 11.5 Å². The Labute approximate surface area is 162 Å². The summed E-state index contributed by atoms with van der Waals surface area (Å²) in [6, 6.07) is 5.45. The minimum absolute atomic E-state index is 0.355. The number of benzene rings is 1. The number of hydrogen-bond acceptors (Lipinski definition) is 7. The zero-order valence-corrected chi connectivity index (χ0v) is 17.2. The van der Waals surface area contributed by atoms with Crippen LogP contribution in [-0.2, 0) is 9.53 Å². The molecule has 2 aromatic rings. The van der Waals surface area contributed by atoms with Gasteiger partial charge in [-0.25, -0.2) is 9.78 Å². The summed E-state index contributed by atoms with van der Waals surface area (Å²) in [7, 11) is 4.43. The van der Waals surface area contributed by atoms with Crippen LogP contribution in [0.25, 0.3) is 10.6 Å². The van der Waals surface area contributed by atoms with E-state index in [1.807, 2.05) is 19.1 Å². The summed E-state index contributed by atoms with van der Waals surface area (Å²) in [6.45, 7) is 5.21. The number of carbonyl (C=O) groups is 2. The summed E-state index contributed by atoms with van der Waals surface area (Å²) < 4.78 is 15.4. The van der Waals surface area contributed by atoms with E-state index in [4.69, 9.17) is 14.2 Å². The molecule has 0 saturated carbocycles. The molecule has 1 N–H and O–H groups in total. The highest BCUT2D eigenvalue weighted by molar-refractivity contribution is 7.17. The third-order valence-electron chi connectivity index (χ3n) is 4.37. The van der Waals surface area contributed by atoms with Gasteiger partial charge >= 0.3 is 5.97 Å². The number of ether oxygens (including phenoxy) is 3. The van der Waals surface area contributed by atoms with Gasteiger partial charge in [0.25, 0.3) is 5.91 Å². The van der Waals surface area contributed by atoms with Gasteiger partial charge in [0.15, 0.2) is 11.5 Å². The number of rotatable bonds is 7. The molecule has 27 heavy (non-hydrogen) atoms. The van der Waals surface area contributed by atoms with Crippen molar-refractivity contribution >= 4 is 23.2 Å². The normalized spacial score (nSPS) is 12.8. The Hall–Kier alpha value is -2.61. The molecule has 1 unspecified atom stereocenters. The third-order valence-corrected chi connectivity index (χ3v) is 5.57. The van der Waals surface area contributed by atoms with Crippen molar-refractivity contribution in [1.29, 1.82) is 0 Å². The number of esters is 1. The summed E-state index contributed by atoms with van der Waals surface area (Å²) in [5.74, 6) is 0.356. The van der Waals surface area contributed by atoms with Crippen LogP contribution in [0.15, 0.2) is 18.2 Å². The first-order chi connectivity index (χ1) is 12.8. The lowest BCUT2D eigenvalue weighted by Gasteiger charge is -2.26. The van der Waals surface area contributed by atoms with Crippen molar-refractivity contribution in [3.8, 4) is 22.1 Å². The molecule has 0 saturated heterocycles. The Morgan fingerprint density at radius 3 is 2.41 bits per heavy atom. The molecule has 0 radical (unpaired) electrons. The molecule has 0 aliphatic heterocycles. The number of carbonyl (C=O) groups excluding carboxylic acids is 2. The van der Waals surface area contributed by atoms with Gasteiger partial charge in [-0.1, -0.05) is 6.92 Å². The Morgan fingerprint density at radius 2 is 1.85 bits per heavy atom. The lowest BCUT2D eigenvalue weighted by molar-refractivity contribution is -0.147. The highest BCUT2D eigenvalue weighted by Gasteiger charge is 2.35. The van der Waals surface area contributed by atoms with Crippen LogP contribution in [0.3, 0.4) is 0 Å². The molecule has 1 aromatic carbocycles. The maximum absolute atomic E-state index is 12.7. The molecule has 2 rings (SSSR count). The number of nitrogens with one attached hydrogen (secondary N) is 1. The van der Waals surface area contributed by atoms with Crippen LogP contribution in [-0.4, -0.2) is 43.7 Å². The number of nitrogens with zero attached hydrogens (tertiary/aromatic N) is 1. The van der Waals surface area contributed by atoms with Crippen molar-refractivity contribution < 1.29 is 23.8 Å². The molecule has 146 valence electrons. The van der Waals surface area contributed by atoms with E-state index in [0.29, 0.717) is 33.5 Å². The summed E-state index contributed by atoms with van der Waals surface area (Å²) in [4.78, 5) is 29.7. The maximum Gasteiger partial charge on any atom is 0.331 e. The largest absolute Gasteiger partial charge is 0.493 e. The van der Waals surface area contributed by atoms with Gasteiger partial charge in [0.2, 0.25) is 0 Å². The second kappa shape index (κ2) is 8.39. The van der Waals surface area contributed by atoms with E-state index in [0.717, 1.165) is 5.56 Å². The lowest BCUT2D eigenvalue weighted by atomic mass is 9.99. The summed E-state index contributed by atoms with van der Waals surface area (Å²) >= 11 is 1.25. The third kappa shape index (κ3) is 4.21. The molecule has 1 heterocycles. The van der Waals surface area contributed by atoms with Crippen molar-refractivity contribution in [2.24, 2.45) is 0 Å². The van der Waals surface area contributed by atoms with Gasteiger partial charge in [0.1, 0.15) is 15.4 Å². The SMILES string of the molecule is CCC(C)(NC(=O)c1sc(-c2ccc(OC)c(OC)c2)nc1C)C(=O)OC. The fourth-order valence-electron chi connectivity index (χ4n) is 2.52. The van der Waals surface area contributed by atoms with E-state index in [2.05, 4.69) is 10.3 Å². The molecule has 1 atom stereocenters. The van der Waals surface area contributed by atoms with Crippen molar-refractivity contribution in [1.82, 2.24) is 10.3 Å². The Bertz CT molecular complexity index is 849. The first kappa shape index (κ1) is 20.7. The molecule has 1 aromatic heterocycles. The quantitative estimate of drug-likeness (QED) is 0.728.